The first-order chi connectivity index (χ1) is 8.79. The van der Waals surface area contributed by atoms with Gasteiger partial charge in [-0.2, -0.15) is 13.2 Å². The van der Waals surface area contributed by atoms with Gasteiger partial charge in [0.15, 0.2) is 5.69 Å². The van der Waals surface area contributed by atoms with Gasteiger partial charge in [0.25, 0.3) is 0 Å². The molecule has 2 rings (SSSR count). The largest absolute Gasteiger partial charge is 0.476 e. The van der Waals surface area contributed by atoms with Gasteiger partial charge in [0.2, 0.25) is 5.69 Å². The van der Waals surface area contributed by atoms with Crippen molar-refractivity contribution in [2.45, 2.75) is 12.7 Å². The lowest BCUT2D eigenvalue weighted by atomic mass is 10.3. The molecular weight excluding hydrogens is 351 g/mol. The van der Waals surface area contributed by atoms with E-state index in [-0.39, 0.29) is 6.54 Å². The van der Waals surface area contributed by atoms with Gasteiger partial charge in [0, 0.05) is 0 Å². The normalized spacial score (nSPS) is 11.8. The average Bonchev–Trinajstić information content (AvgIpc) is 2.84. The van der Waals surface area contributed by atoms with Crippen molar-refractivity contribution in [1.29, 1.82) is 0 Å². The van der Waals surface area contributed by atoms with E-state index in [9.17, 15) is 18.0 Å². The molecule has 0 spiro atoms. The number of aromatic nitrogens is 3. The van der Waals surface area contributed by atoms with Crippen LogP contribution in [0, 0.1) is 0 Å². The molecule has 10 heteroatoms. The van der Waals surface area contributed by atoms with Gasteiger partial charge in [0.05, 0.1) is 10.3 Å². The van der Waals surface area contributed by atoms with Crippen molar-refractivity contribution in [3.05, 3.63) is 32.2 Å². The minimum atomic E-state index is -4.83. The van der Waals surface area contributed by atoms with Gasteiger partial charge in [-0.15, -0.1) is 16.4 Å². The summed E-state index contributed by atoms with van der Waals surface area (Å²) in [7, 11) is 0. The van der Waals surface area contributed by atoms with E-state index in [4.69, 9.17) is 5.11 Å². The number of alkyl halides is 3. The molecule has 0 bridgehead atoms. The van der Waals surface area contributed by atoms with Crippen molar-refractivity contribution in [3.8, 4) is 0 Å². The highest BCUT2D eigenvalue weighted by molar-refractivity contribution is 9.11. The molecule has 0 aliphatic carbocycles. The van der Waals surface area contributed by atoms with Gasteiger partial charge < -0.3 is 5.11 Å². The van der Waals surface area contributed by atoms with Crippen LogP contribution in [0.4, 0.5) is 13.2 Å². The van der Waals surface area contributed by atoms with Crippen LogP contribution in [-0.4, -0.2) is 26.1 Å². The molecule has 0 unspecified atom stereocenters. The van der Waals surface area contributed by atoms with Gasteiger partial charge in [0.1, 0.15) is 0 Å². The number of rotatable bonds is 3. The van der Waals surface area contributed by atoms with Gasteiger partial charge in [-0.05, 0) is 32.9 Å². The monoisotopic (exact) mass is 355 g/mol. The highest BCUT2D eigenvalue weighted by atomic mass is 79.9. The van der Waals surface area contributed by atoms with Crippen LogP contribution in [0.5, 0.6) is 0 Å². The SMILES string of the molecule is O=C(O)c1nnn(Cc2csc(Br)c2)c1C(F)(F)F. The molecule has 0 atom stereocenters. The summed E-state index contributed by atoms with van der Waals surface area (Å²) < 4.78 is 39.8. The third kappa shape index (κ3) is 2.95. The predicted molar refractivity (Wildman–Crippen MR) is 63.1 cm³/mol. The molecule has 2 aromatic heterocycles. The lowest BCUT2D eigenvalue weighted by Gasteiger charge is -2.09. The van der Waals surface area contributed by atoms with Crippen LogP contribution in [0.3, 0.4) is 0 Å². The molecular formula is C9H5BrF3N3O2S. The van der Waals surface area contributed by atoms with Crippen LogP contribution < -0.4 is 0 Å². The molecule has 2 aromatic rings. The van der Waals surface area contributed by atoms with Gasteiger partial charge >= 0.3 is 12.1 Å². The third-order valence-corrected chi connectivity index (χ3v) is 3.71. The maximum Gasteiger partial charge on any atom is 0.435 e. The summed E-state index contributed by atoms with van der Waals surface area (Å²) in [5, 5.41) is 16.7. The average molecular weight is 356 g/mol. The number of hydrogen-bond donors (Lipinski definition) is 1. The fourth-order valence-electron chi connectivity index (χ4n) is 1.45. The smallest absolute Gasteiger partial charge is 0.435 e. The zero-order valence-corrected chi connectivity index (χ0v) is 11.4. The van der Waals surface area contributed by atoms with E-state index in [0.29, 0.717) is 10.2 Å². The first kappa shape index (κ1) is 14.0. The molecule has 0 fully saturated rings. The summed E-state index contributed by atoms with van der Waals surface area (Å²) in [5.74, 6) is -1.76. The Balaban J connectivity index is 2.43. The van der Waals surface area contributed by atoms with E-state index in [0.717, 1.165) is 3.79 Å². The summed E-state index contributed by atoms with van der Waals surface area (Å²) >= 11 is 4.50. The van der Waals surface area contributed by atoms with Gasteiger partial charge in [-0.3, -0.25) is 0 Å². The van der Waals surface area contributed by atoms with Crippen molar-refractivity contribution in [2.24, 2.45) is 0 Å². The fraction of sp³-hybridized carbons (Fsp3) is 0.222. The van der Waals surface area contributed by atoms with Crippen molar-refractivity contribution in [3.63, 3.8) is 0 Å². The Morgan fingerprint density at radius 3 is 2.68 bits per heavy atom. The Labute approximate surface area is 116 Å². The lowest BCUT2D eigenvalue weighted by Crippen LogP contribution is -2.18. The maximum atomic E-state index is 12.8. The Bertz CT molecular complexity index is 622. The summed E-state index contributed by atoms with van der Waals surface area (Å²) in [6.45, 7) is -0.197. The Kier molecular flexibility index (Phi) is 3.63. The molecule has 0 amide bonds. The van der Waals surface area contributed by atoms with E-state index in [1.165, 1.54) is 11.3 Å². The number of aromatic carboxylic acids is 1. The first-order valence-electron chi connectivity index (χ1n) is 4.76. The molecule has 0 aliphatic heterocycles. The van der Waals surface area contributed by atoms with E-state index in [1.807, 2.05) is 0 Å². The van der Waals surface area contributed by atoms with Gasteiger partial charge in [-0.1, -0.05) is 5.21 Å². The topological polar surface area (TPSA) is 68.0 Å². The number of carboxylic acid groups (broad SMARTS) is 1. The number of carbonyl (C=O) groups is 1. The second kappa shape index (κ2) is 4.93. The Morgan fingerprint density at radius 1 is 1.53 bits per heavy atom. The van der Waals surface area contributed by atoms with Crippen molar-refractivity contribution in [1.82, 2.24) is 15.0 Å². The van der Waals surface area contributed by atoms with E-state index in [2.05, 4.69) is 26.2 Å². The number of thiophene rings is 1. The van der Waals surface area contributed by atoms with E-state index in [1.54, 1.807) is 11.4 Å². The van der Waals surface area contributed by atoms with Crippen molar-refractivity contribution >= 4 is 33.2 Å². The van der Waals surface area contributed by atoms with Crippen LogP contribution in [0.1, 0.15) is 21.7 Å². The van der Waals surface area contributed by atoms with Crippen molar-refractivity contribution in [2.75, 3.05) is 0 Å². The molecule has 0 saturated heterocycles. The molecule has 5 nitrogen and oxygen atoms in total. The molecule has 0 radical (unpaired) electrons. The summed E-state index contributed by atoms with van der Waals surface area (Å²) in [6, 6.07) is 1.63. The zero-order valence-electron chi connectivity index (χ0n) is 8.98. The summed E-state index contributed by atoms with van der Waals surface area (Å²) in [4.78, 5) is 10.7. The quantitative estimate of drug-likeness (QED) is 0.919. The third-order valence-electron chi connectivity index (χ3n) is 2.16. The molecule has 0 saturated carbocycles. The molecule has 102 valence electrons. The highest BCUT2D eigenvalue weighted by Crippen LogP contribution is 2.32. The van der Waals surface area contributed by atoms with Crippen LogP contribution in [-0.2, 0) is 12.7 Å². The first-order valence-corrected chi connectivity index (χ1v) is 6.43. The lowest BCUT2D eigenvalue weighted by molar-refractivity contribution is -0.144. The van der Waals surface area contributed by atoms with Gasteiger partial charge in [-0.25, -0.2) is 9.48 Å². The molecule has 19 heavy (non-hydrogen) atoms. The molecule has 1 N–H and O–H groups in total. The molecule has 0 aliphatic rings. The Hall–Kier alpha value is -1.42. The van der Waals surface area contributed by atoms with Crippen LogP contribution in [0.15, 0.2) is 15.2 Å². The maximum absolute atomic E-state index is 12.8. The van der Waals surface area contributed by atoms with Crippen LogP contribution in [0.2, 0.25) is 0 Å². The minimum absolute atomic E-state index is 0.197. The number of hydrogen-bond acceptors (Lipinski definition) is 4. The second-order valence-corrected chi connectivity index (χ2v) is 5.80. The van der Waals surface area contributed by atoms with Crippen molar-refractivity contribution < 1.29 is 23.1 Å². The Morgan fingerprint density at radius 2 is 2.21 bits per heavy atom. The number of nitrogens with zero attached hydrogens (tertiary/aromatic N) is 3. The highest BCUT2D eigenvalue weighted by Gasteiger charge is 2.41. The zero-order chi connectivity index (χ0) is 14.2. The fourth-order valence-corrected chi connectivity index (χ4v) is 2.65. The number of carboxylic acids is 1. The minimum Gasteiger partial charge on any atom is -0.476 e. The molecule has 0 aromatic carbocycles. The second-order valence-electron chi connectivity index (χ2n) is 3.51. The summed E-state index contributed by atoms with van der Waals surface area (Å²) in [5.41, 5.74) is -1.88. The van der Waals surface area contributed by atoms with E-state index < -0.39 is 23.5 Å². The predicted octanol–water partition coefficient (Wildman–Crippen LogP) is 2.87. The molecule has 2 heterocycles. The number of halogens is 4. The van der Waals surface area contributed by atoms with Crippen LogP contribution >= 0.6 is 27.3 Å². The summed E-state index contributed by atoms with van der Waals surface area (Å²) in [6.07, 6.45) is -4.83. The van der Waals surface area contributed by atoms with E-state index >= 15 is 0 Å². The standard InChI is InChI=1S/C9H5BrF3N3O2S/c10-5-1-4(3-19-5)2-16-7(9(11,12)13)6(8(17)18)14-15-16/h1,3H,2H2,(H,17,18). The van der Waals surface area contributed by atoms with Crippen LogP contribution in [0.25, 0.3) is 0 Å².